The molecule has 0 radical (unpaired) electrons. The highest BCUT2D eigenvalue weighted by molar-refractivity contribution is 8.04. The molecule has 0 aromatic heterocycles. The third-order valence-corrected chi connectivity index (χ3v) is 9.49. The fourth-order valence-corrected chi connectivity index (χ4v) is 7.43. The lowest BCUT2D eigenvalue weighted by atomic mass is 9.83. The third kappa shape index (κ3) is 5.16. The number of benzene rings is 2. The molecule has 2 aromatic rings. The first kappa shape index (κ1) is 25.2. The second kappa shape index (κ2) is 10.5. The minimum atomic E-state index is -0.0103. The van der Waals surface area contributed by atoms with Crippen molar-refractivity contribution in [3.05, 3.63) is 69.1 Å². The van der Waals surface area contributed by atoms with Crippen molar-refractivity contribution in [1.82, 2.24) is 9.80 Å². The van der Waals surface area contributed by atoms with Crippen LogP contribution in [-0.2, 0) is 9.59 Å². The maximum absolute atomic E-state index is 13.5. The summed E-state index contributed by atoms with van der Waals surface area (Å²) in [5.41, 5.74) is 4.61. The fraction of sp³-hybridized carbons (Fsp3) is 0.448. The van der Waals surface area contributed by atoms with E-state index in [2.05, 4.69) is 36.9 Å². The molecule has 1 saturated carbocycles. The quantitative estimate of drug-likeness (QED) is 0.506. The predicted octanol–water partition coefficient (Wildman–Crippen LogP) is 5.39. The summed E-state index contributed by atoms with van der Waals surface area (Å²) in [5, 5.41) is 1.09. The Labute approximate surface area is 223 Å². The standard InChI is InChI=1S/C29H34ClN3O2S/c1-19-5-4-6-21(15-19)16-27-29(35)31(3)25-17-22(8-10-26(25)36-27)28(34)33-13-11-32(12-14-33)24-18-23(30)9-7-20(24)2/h4-7,9,15-16,18,22,25-26H,8,10-14,17H2,1-3H3/b27-16-. The predicted molar refractivity (Wildman–Crippen MR) is 149 cm³/mol. The number of anilines is 1. The van der Waals surface area contributed by atoms with Crippen LogP contribution in [0.4, 0.5) is 5.69 Å². The monoisotopic (exact) mass is 523 g/mol. The molecule has 36 heavy (non-hydrogen) atoms. The minimum absolute atomic E-state index is 0.0103. The Morgan fingerprint density at radius 2 is 1.83 bits per heavy atom. The molecule has 7 heteroatoms. The molecule has 5 nitrogen and oxygen atoms in total. The van der Waals surface area contributed by atoms with Gasteiger partial charge < -0.3 is 14.7 Å². The Hall–Kier alpha value is -2.44. The summed E-state index contributed by atoms with van der Waals surface area (Å²) in [5.74, 6) is 0.313. The molecule has 0 bridgehead atoms. The number of fused-ring (bicyclic) bond motifs is 1. The van der Waals surface area contributed by atoms with Crippen LogP contribution in [0.1, 0.15) is 36.0 Å². The van der Waals surface area contributed by atoms with Crippen molar-refractivity contribution in [2.24, 2.45) is 5.92 Å². The number of nitrogens with zero attached hydrogens (tertiary/aromatic N) is 3. The molecule has 3 aliphatic rings. The number of aryl methyl sites for hydroxylation is 2. The highest BCUT2D eigenvalue weighted by atomic mass is 35.5. The second-order valence-corrected chi connectivity index (χ2v) is 12.0. The van der Waals surface area contributed by atoms with Crippen LogP contribution in [-0.4, -0.2) is 66.1 Å². The van der Waals surface area contributed by atoms with Gasteiger partial charge in [0.25, 0.3) is 5.91 Å². The van der Waals surface area contributed by atoms with Crippen molar-refractivity contribution in [2.45, 2.75) is 44.4 Å². The van der Waals surface area contributed by atoms with Crippen molar-refractivity contribution in [1.29, 1.82) is 0 Å². The van der Waals surface area contributed by atoms with Crippen molar-refractivity contribution in [2.75, 3.05) is 38.1 Å². The van der Waals surface area contributed by atoms with E-state index in [0.717, 1.165) is 66.6 Å². The zero-order chi connectivity index (χ0) is 25.4. The molecule has 5 rings (SSSR count). The number of hydrogen-bond donors (Lipinski definition) is 0. The topological polar surface area (TPSA) is 43.9 Å². The van der Waals surface area contributed by atoms with Crippen molar-refractivity contribution in [3.8, 4) is 0 Å². The van der Waals surface area contributed by atoms with E-state index in [1.807, 2.05) is 47.2 Å². The molecule has 3 fully saturated rings. The normalized spacial score (nSPS) is 25.8. The van der Waals surface area contributed by atoms with Crippen molar-refractivity contribution < 1.29 is 9.59 Å². The van der Waals surface area contributed by atoms with E-state index in [9.17, 15) is 9.59 Å². The van der Waals surface area contributed by atoms with Crippen LogP contribution in [0.3, 0.4) is 0 Å². The SMILES string of the molecule is Cc1cccc(/C=C2\SC3CCC(C(=O)N4CCN(c5cc(Cl)ccc5C)CC4)CC3N(C)C2=O)c1. The zero-order valence-electron chi connectivity index (χ0n) is 21.2. The fourth-order valence-electron chi connectivity index (χ4n) is 5.78. The molecule has 2 saturated heterocycles. The molecule has 2 aliphatic heterocycles. The maximum atomic E-state index is 13.5. The Morgan fingerprint density at radius 3 is 2.58 bits per heavy atom. The summed E-state index contributed by atoms with van der Waals surface area (Å²) in [4.78, 5) is 33.7. The summed E-state index contributed by atoms with van der Waals surface area (Å²) < 4.78 is 0. The van der Waals surface area contributed by atoms with Gasteiger partial charge in [-0.2, -0.15) is 0 Å². The number of hydrogen-bond acceptors (Lipinski definition) is 4. The molecule has 0 spiro atoms. The number of likely N-dealkylation sites (N-methyl/N-ethyl adjacent to an activating group) is 1. The summed E-state index contributed by atoms with van der Waals surface area (Å²) >= 11 is 7.93. The number of amides is 2. The summed E-state index contributed by atoms with van der Waals surface area (Å²) in [7, 11) is 1.91. The molecule has 1 aliphatic carbocycles. The first-order chi connectivity index (χ1) is 17.3. The highest BCUT2D eigenvalue weighted by Crippen LogP contribution is 2.43. The second-order valence-electron chi connectivity index (χ2n) is 10.3. The number of thioether (sulfide) groups is 1. The Balaban J connectivity index is 1.21. The lowest BCUT2D eigenvalue weighted by Crippen LogP contribution is -2.55. The van der Waals surface area contributed by atoms with Gasteiger partial charge in [0.2, 0.25) is 5.91 Å². The van der Waals surface area contributed by atoms with E-state index >= 15 is 0 Å². The lowest BCUT2D eigenvalue weighted by molar-refractivity contribution is -0.139. The van der Waals surface area contributed by atoms with Crippen LogP contribution < -0.4 is 4.90 Å². The number of rotatable bonds is 3. The van der Waals surface area contributed by atoms with Crippen LogP contribution in [0.25, 0.3) is 6.08 Å². The van der Waals surface area contributed by atoms with Gasteiger partial charge >= 0.3 is 0 Å². The molecular weight excluding hydrogens is 490 g/mol. The van der Waals surface area contributed by atoms with Gasteiger partial charge in [-0.25, -0.2) is 0 Å². The molecule has 0 N–H and O–H groups in total. The van der Waals surface area contributed by atoms with E-state index in [1.165, 1.54) is 11.1 Å². The summed E-state index contributed by atoms with van der Waals surface area (Å²) in [6.45, 7) is 7.24. The minimum Gasteiger partial charge on any atom is -0.368 e. The van der Waals surface area contributed by atoms with Gasteiger partial charge in [0.05, 0.1) is 4.91 Å². The maximum Gasteiger partial charge on any atom is 0.260 e. The van der Waals surface area contributed by atoms with E-state index in [0.29, 0.717) is 5.25 Å². The van der Waals surface area contributed by atoms with Gasteiger partial charge in [0, 0.05) is 61.1 Å². The van der Waals surface area contributed by atoms with Crippen molar-refractivity contribution >= 4 is 46.9 Å². The molecule has 3 unspecified atom stereocenters. The smallest absolute Gasteiger partial charge is 0.260 e. The number of carbonyl (C=O) groups is 2. The van der Waals surface area contributed by atoms with E-state index in [-0.39, 0.29) is 23.8 Å². The van der Waals surface area contributed by atoms with Crippen LogP contribution in [0.2, 0.25) is 5.02 Å². The molecule has 2 amide bonds. The van der Waals surface area contributed by atoms with E-state index < -0.39 is 0 Å². The summed E-state index contributed by atoms with van der Waals surface area (Å²) in [6.07, 6.45) is 4.62. The van der Waals surface area contributed by atoms with Crippen LogP contribution in [0.5, 0.6) is 0 Å². The largest absolute Gasteiger partial charge is 0.368 e. The highest BCUT2D eigenvalue weighted by Gasteiger charge is 2.43. The van der Waals surface area contributed by atoms with Gasteiger partial charge in [-0.3, -0.25) is 9.59 Å². The molecule has 3 atom stereocenters. The Bertz CT molecular complexity index is 1190. The van der Waals surface area contributed by atoms with Crippen molar-refractivity contribution in [3.63, 3.8) is 0 Å². The Morgan fingerprint density at radius 1 is 1.06 bits per heavy atom. The van der Waals surface area contributed by atoms with Crippen LogP contribution >= 0.6 is 23.4 Å². The third-order valence-electron chi connectivity index (χ3n) is 7.85. The Kier molecular flexibility index (Phi) is 7.36. The summed E-state index contributed by atoms with van der Waals surface area (Å²) in [6, 6.07) is 14.3. The van der Waals surface area contributed by atoms with Crippen LogP contribution in [0.15, 0.2) is 47.4 Å². The molecular formula is C29H34ClN3O2S. The van der Waals surface area contributed by atoms with E-state index in [4.69, 9.17) is 11.6 Å². The van der Waals surface area contributed by atoms with E-state index in [1.54, 1.807) is 11.8 Å². The average Bonchev–Trinajstić information content (AvgIpc) is 2.88. The van der Waals surface area contributed by atoms with Crippen LogP contribution in [0, 0.1) is 19.8 Å². The molecule has 2 aromatic carbocycles. The zero-order valence-corrected chi connectivity index (χ0v) is 22.8. The molecule has 190 valence electrons. The first-order valence-corrected chi connectivity index (χ1v) is 14.1. The number of halogens is 1. The lowest BCUT2D eigenvalue weighted by Gasteiger charge is -2.45. The van der Waals surface area contributed by atoms with Gasteiger partial charge in [0.1, 0.15) is 0 Å². The van der Waals surface area contributed by atoms with Gasteiger partial charge in [-0.05, 0) is 62.4 Å². The number of carbonyl (C=O) groups excluding carboxylic acids is 2. The van der Waals surface area contributed by atoms with Gasteiger partial charge in [-0.1, -0.05) is 47.5 Å². The van der Waals surface area contributed by atoms with Gasteiger partial charge in [0.15, 0.2) is 0 Å². The average molecular weight is 524 g/mol. The first-order valence-electron chi connectivity index (χ1n) is 12.8. The van der Waals surface area contributed by atoms with Gasteiger partial charge in [-0.15, -0.1) is 11.8 Å². The number of piperazine rings is 1. The molecule has 2 heterocycles.